The number of hydrogen-bond donors (Lipinski definition) is 0. The van der Waals surface area contributed by atoms with Gasteiger partial charge in [0.2, 0.25) is 0 Å². The molecule has 0 saturated heterocycles. The molecule has 0 N–H and O–H groups in total. The Morgan fingerprint density at radius 1 is 1.44 bits per heavy atom. The summed E-state index contributed by atoms with van der Waals surface area (Å²) in [4.78, 5) is 11.5. The fourth-order valence-corrected chi connectivity index (χ4v) is 4.22. The number of halogens is 1. The summed E-state index contributed by atoms with van der Waals surface area (Å²) in [7, 11) is 1.48. The number of esters is 1. The van der Waals surface area contributed by atoms with Gasteiger partial charge in [-0.15, -0.1) is 11.8 Å². The van der Waals surface area contributed by atoms with Gasteiger partial charge in [0.15, 0.2) is 0 Å². The van der Waals surface area contributed by atoms with Crippen LogP contribution in [0.2, 0.25) is 0 Å². The molecule has 0 heterocycles. The maximum absolute atomic E-state index is 11.5. The van der Waals surface area contributed by atoms with Crippen molar-refractivity contribution in [3.63, 3.8) is 0 Å². The minimum atomic E-state index is -0.0692. The third-order valence-electron chi connectivity index (χ3n) is 3.09. The van der Waals surface area contributed by atoms with Crippen molar-refractivity contribution in [3.8, 4) is 0 Å². The predicted molar refractivity (Wildman–Crippen MR) is 73.2 cm³/mol. The zero-order chi connectivity index (χ0) is 11.8. The molecule has 1 atom stereocenters. The second-order valence-electron chi connectivity index (χ2n) is 4.33. The molecule has 0 aromatic carbocycles. The van der Waals surface area contributed by atoms with Gasteiger partial charge >= 0.3 is 5.97 Å². The second-order valence-corrected chi connectivity index (χ2v) is 6.36. The summed E-state index contributed by atoms with van der Waals surface area (Å²) < 4.78 is 4.82. The smallest absolute Gasteiger partial charge is 0.318 e. The molecule has 0 spiro atoms. The highest BCUT2D eigenvalue weighted by molar-refractivity contribution is 9.09. The first kappa shape index (κ1) is 14.4. The average Bonchev–Trinajstić information content (AvgIpc) is 2.34. The van der Waals surface area contributed by atoms with Gasteiger partial charge in [0, 0.05) is 5.33 Å². The molecule has 0 radical (unpaired) electrons. The third-order valence-corrected chi connectivity index (χ3v) is 5.05. The number of carbonyl (C=O) groups is 1. The molecule has 0 aromatic rings. The summed E-state index contributed by atoms with van der Waals surface area (Å²) >= 11 is 5.17. The number of methoxy groups -OCH3 is 1. The van der Waals surface area contributed by atoms with E-state index in [2.05, 4.69) is 15.9 Å². The molecule has 0 aromatic heterocycles. The first-order valence-corrected chi connectivity index (χ1v) is 8.20. The Bertz CT molecular complexity index is 205. The first-order valence-electron chi connectivity index (χ1n) is 6.03. The molecule has 2 nitrogen and oxygen atoms in total. The molecular formula is C12H21BrO2S. The molecule has 1 saturated carbocycles. The fourth-order valence-electron chi connectivity index (χ4n) is 2.11. The van der Waals surface area contributed by atoms with Gasteiger partial charge in [0.05, 0.1) is 7.11 Å². The molecule has 4 heteroatoms. The Hall–Kier alpha value is 0.300. The van der Waals surface area contributed by atoms with Gasteiger partial charge in [0.1, 0.15) is 5.25 Å². The van der Waals surface area contributed by atoms with E-state index in [1.165, 1.54) is 39.2 Å². The summed E-state index contributed by atoms with van der Waals surface area (Å²) in [5.41, 5.74) is 0. The van der Waals surface area contributed by atoms with Crippen LogP contribution in [-0.4, -0.2) is 29.4 Å². The molecule has 16 heavy (non-hydrogen) atoms. The van der Waals surface area contributed by atoms with E-state index in [-0.39, 0.29) is 11.2 Å². The normalized spacial score (nSPS) is 19.4. The number of alkyl halides is 1. The number of carbonyl (C=O) groups excluding carboxylic acids is 1. The average molecular weight is 309 g/mol. The van der Waals surface area contributed by atoms with Gasteiger partial charge in [-0.25, -0.2) is 0 Å². The standard InChI is InChI=1S/C12H21BrO2S/c1-15-12(14)11(7-8-13)16-9-10-5-3-2-4-6-10/h10-11H,2-9H2,1H3. The van der Waals surface area contributed by atoms with Crippen molar-refractivity contribution in [2.45, 2.75) is 43.8 Å². The van der Waals surface area contributed by atoms with Gasteiger partial charge in [-0.1, -0.05) is 35.2 Å². The van der Waals surface area contributed by atoms with Crippen molar-refractivity contribution >= 4 is 33.7 Å². The van der Waals surface area contributed by atoms with Gasteiger partial charge < -0.3 is 4.74 Å². The summed E-state index contributed by atoms with van der Waals surface area (Å²) in [6.45, 7) is 0. The van der Waals surface area contributed by atoms with Crippen molar-refractivity contribution in [2.75, 3.05) is 18.2 Å². The monoisotopic (exact) mass is 308 g/mol. The van der Waals surface area contributed by atoms with Crippen LogP contribution in [0.25, 0.3) is 0 Å². The molecule has 1 unspecified atom stereocenters. The SMILES string of the molecule is COC(=O)C(CCBr)SCC1CCCCC1. The van der Waals surface area contributed by atoms with Crippen LogP contribution in [0, 0.1) is 5.92 Å². The number of rotatable bonds is 6. The van der Waals surface area contributed by atoms with Crippen molar-refractivity contribution < 1.29 is 9.53 Å². The van der Waals surface area contributed by atoms with Crippen LogP contribution in [0.5, 0.6) is 0 Å². The van der Waals surface area contributed by atoms with Crippen LogP contribution in [0.3, 0.4) is 0 Å². The molecule has 0 amide bonds. The van der Waals surface area contributed by atoms with E-state index >= 15 is 0 Å². The van der Waals surface area contributed by atoms with Crippen LogP contribution < -0.4 is 0 Å². The maximum atomic E-state index is 11.5. The quantitative estimate of drug-likeness (QED) is 0.554. The van der Waals surface area contributed by atoms with Crippen molar-refractivity contribution in [3.05, 3.63) is 0 Å². The minimum Gasteiger partial charge on any atom is -0.468 e. The van der Waals surface area contributed by atoms with E-state index < -0.39 is 0 Å². The van der Waals surface area contributed by atoms with Crippen LogP contribution in [0.1, 0.15) is 38.5 Å². The van der Waals surface area contributed by atoms with Crippen LogP contribution in [0.15, 0.2) is 0 Å². The minimum absolute atomic E-state index is 0.0197. The van der Waals surface area contributed by atoms with E-state index in [9.17, 15) is 4.79 Å². The summed E-state index contributed by atoms with van der Waals surface area (Å²) in [5, 5.41) is 0.885. The molecule has 1 fully saturated rings. The molecule has 1 rings (SSSR count). The Labute approximate surface area is 111 Å². The van der Waals surface area contributed by atoms with Crippen LogP contribution in [0.4, 0.5) is 0 Å². The molecule has 0 aliphatic heterocycles. The van der Waals surface area contributed by atoms with Crippen LogP contribution >= 0.6 is 27.7 Å². The fraction of sp³-hybridized carbons (Fsp3) is 0.917. The first-order chi connectivity index (χ1) is 7.77. The molecule has 94 valence electrons. The number of ether oxygens (including phenoxy) is 1. The van der Waals surface area contributed by atoms with E-state index in [0.717, 1.165) is 23.4 Å². The highest BCUT2D eigenvalue weighted by Crippen LogP contribution is 2.29. The van der Waals surface area contributed by atoms with Gasteiger partial charge in [-0.3, -0.25) is 4.79 Å². The Morgan fingerprint density at radius 2 is 2.12 bits per heavy atom. The lowest BCUT2D eigenvalue weighted by Gasteiger charge is -2.22. The van der Waals surface area contributed by atoms with Gasteiger partial charge in [-0.2, -0.15) is 0 Å². The van der Waals surface area contributed by atoms with Crippen molar-refractivity contribution in [2.24, 2.45) is 5.92 Å². The Morgan fingerprint density at radius 3 is 2.69 bits per heavy atom. The molecular weight excluding hydrogens is 288 g/mol. The molecule has 1 aliphatic rings. The van der Waals surface area contributed by atoms with E-state index in [1.807, 2.05) is 0 Å². The van der Waals surface area contributed by atoms with Crippen LogP contribution in [-0.2, 0) is 9.53 Å². The predicted octanol–water partition coefficient (Wildman–Crippen LogP) is 3.63. The van der Waals surface area contributed by atoms with E-state index in [1.54, 1.807) is 11.8 Å². The lowest BCUT2D eigenvalue weighted by Crippen LogP contribution is -2.21. The number of hydrogen-bond acceptors (Lipinski definition) is 3. The largest absolute Gasteiger partial charge is 0.468 e. The topological polar surface area (TPSA) is 26.3 Å². The summed E-state index contributed by atoms with van der Waals surface area (Å²) in [5.74, 6) is 1.87. The lowest BCUT2D eigenvalue weighted by atomic mass is 9.91. The maximum Gasteiger partial charge on any atom is 0.318 e. The Kier molecular flexibility index (Phi) is 7.54. The zero-order valence-corrected chi connectivity index (χ0v) is 12.3. The van der Waals surface area contributed by atoms with E-state index in [4.69, 9.17) is 4.74 Å². The second kappa shape index (κ2) is 8.40. The third kappa shape index (κ3) is 5.09. The molecule has 0 bridgehead atoms. The van der Waals surface area contributed by atoms with Gasteiger partial charge in [0.25, 0.3) is 0 Å². The highest BCUT2D eigenvalue weighted by atomic mass is 79.9. The van der Waals surface area contributed by atoms with Crippen molar-refractivity contribution in [1.29, 1.82) is 0 Å². The Balaban J connectivity index is 2.27. The van der Waals surface area contributed by atoms with Crippen molar-refractivity contribution in [1.82, 2.24) is 0 Å². The zero-order valence-electron chi connectivity index (χ0n) is 9.91. The summed E-state index contributed by atoms with van der Waals surface area (Å²) in [6.07, 6.45) is 7.68. The van der Waals surface area contributed by atoms with E-state index in [0.29, 0.717) is 0 Å². The summed E-state index contributed by atoms with van der Waals surface area (Å²) in [6, 6.07) is 0. The lowest BCUT2D eigenvalue weighted by molar-refractivity contribution is -0.139. The number of thioether (sulfide) groups is 1. The van der Waals surface area contributed by atoms with Gasteiger partial charge in [-0.05, 0) is 30.9 Å². The highest BCUT2D eigenvalue weighted by Gasteiger charge is 2.21. The molecule has 1 aliphatic carbocycles.